The molecule has 0 N–H and O–H groups in total. The molecule has 5 nitrogen and oxygen atoms in total. The van der Waals surface area contributed by atoms with Gasteiger partial charge in [0.15, 0.2) is 11.5 Å². The van der Waals surface area contributed by atoms with Gasteiger partial charge in [-0.05, 0) is 48.7 Å². The zero-order valence-corrected chi connectivity index (χ0v) is 20.6. The molecule has 0 unspecified atom stereocenters. The van der Waals surface area contributed by atoms with E-state index in [1.165, 1.54) is 0 Å². The Hall–Kier alpha value is -3.44. The van der Waals surface area contributed by atoms with E-state index in [4.69, 9.17) is 30.2 Å². The van der Waals surface area contributed by atoms with Gasteiger partial charge in [-0.3, -0.25) is 4.79 Å². The highest BCUT2D eigenvalue weighted by atomic mass is 35.5. The van der Waals surface area contributed by atoms with Crippen molar-refractivity contribution in [2.45, 2.75) is 39.7 Å². The van der Waals surface area contributed by atoms with Crippen LogP contribution in [0.1, 0.15) is 36.7 Å². The quantitative estimate of drug-likeness (QED) is 0.288. The number of ether oxygens (including phenoxy) is 3. The van der Waals surface area contributed by atoms with Gasteiger partial charge in [-0.2, -0.15) is 0 Å². The predicted molar refractivity (Wildman–Crippen MR) is 138 cm³/mol. The Labute approximate surface area is 209 Å². The van der Waals surface area contributed by atoms with Gasteiger partial charge in [0.2, 0.25) is 5.43 Å². The summed E-state index contributed by atoms with van der Waals surface area (Å²) in [5.74, 6) is 2.58. The Balaban J connectivity index is 1.56. The minimum absolute atomic E-state index is 0.0757. The molecule has 0 saturated heterocycles. The van der Waals surface area contributed by atoms with Crippen LogP contribution < -0.4 is 19.6 Å². The lowest BCUT2D eigenvalue weighted by molar-refractivity contribution is 0.297. The van der Waals surface area contributed by atoms with E-state index < -0.39 is 0 Å². The van der Waals surface area contributed by atoms with E-state index in [0.29, 0.717) is 64.4 Å². The van der Waals surface area contributed by atoms with Gasteiger partial charge >= 0.3 is 0 Å². The highest BCUT2D eigenvalue weighted by molar-refractivity contribution is 6.31. The summed E-state index contributed by atoms with van der Waals surface area (Å²) in [6.45, 7) is 5.44. The molecule has 6 heteroatoms. The first-order chi connectivity index (χ1) is 17.0. The van der Waals surface area contributed by atoms with Gasteiger partial charge in [0.1, 0.15) is 23.7 Å². The fourth-order valence-corrected chi connectivity index (χ4v) is 4.59. The van der Waals surface area contributed by atoms with Gasteiger partial charge in [-0.25, -0.2) is 0 Å². The SMILES string of the molecule is CCCc1cc2c(=O)c(-c3ccc4c(c3)OCCCO4)c(C)oc2cc1OCc1ccccc1Cl. The maximum Gasteiger partial charge on any atom is 0.200 e. The van der Waals surface area contributed by atoms with Gasteiger partial charge in [-0.15, -0.1) is 0 Å². The summed E-state index contributed by atoms with van der Waals surface area (Å²) in [6.07, 6.45) is 2.52. The molecule has 0 bridgehead atoms. The lowest BCUT2D eigenvalue weighted by Crippen LogP contribution is -2.09. The fraction of sp³-hybridized carbons (Fsp3) is 0.276. The summed E-state index contributed by atoms with van der Waals surface area (Å²) in [5.41, 5.74) is 3.57. The van der Waals surface area contributed by atoms with E-state index in [0.717, 1.165) is 36.0 Å². The van der Waals surface area contributed by atoms with E-state index >= 15 is 0 Å². The van der Waals surface area contributed by atoms with Crippen molar-refractivity contribution in [3.8, 4) is 28.4 Å². The standard InChI is InChI=1S/C29H27ClO5/c1-3-7-19-14-22-26(16-25(19)34-17-21-8-4-5-9-23(21)30)35-18(2)28(29(22)31)20-10-11-24-27(15-20)33-13-6-12-32-24/h4-5,8-11,14-16H,3,6-7,12-13,17H2,1-2H3. The number of fused-ring (bicyclic) bond motifs is 2. The van der Waals surface area contributed by atoms with Crippen molar-refractivity contribution in [1.82, 2.24) is 0 Å². The average molecular weight is 491 g/mol. The van der Waals surface area contributed by atoms with Crippen molar-refractivity contribution in [3.63, 3.8) is 0 Å². The molecule has 180 valence electrons. The smallest absolute Gasteiger partial charge is 0.200 e. The first-order valence-corrected chi connectivity index (χ1v) is 12.3. The molecule has 5 rings (SSSR count). The highest BCUT2D eigenvalue weighted by Gasteiger charge is 2.19. The molecule has 1 aliphatic heterocycles. The van der Waals surface area contributed by atoms with Crippen LogP contribution in [0.4, 0.5) is 0 Å². The third-order valence-electron chi connectivity index (χ3n) is 6.15. The first-order valence-electron chi connectivity index (χ1n) is 11.9. The lowest BCUT2D eigenvalue weighted by Gasteiger charge is -2.15. The summed E-state index contributed by atoms with van der Waals surface area (Å²) in [5, 5.41) is 1.19. The number of benzene rings is 3. The normalized spacial score (nSPS) is 13.0. The maximum atomic E-state index is 13.7. The van der Waals surface area contributed by atoms with E-state index in [2.05, 4.69) is 6.92 Å². The van der Waals surface area contributed by atoms with Crippen molar-refractivity contribution < 1.29 is 18.6 Å². The average Bonchev–Trinajstić information content (AvgIpc) is 3.09. The van der Waals surface area contributed by atoms with Gasteiger partial charge in [0, 0.05) is 23.1 Å². The zero-order valence-electron chi connectivity index (χ0n) is 19.9. The van der Waals surface area contributed by atoms with Crippen LogP contribution in [0.3, 0.4) is 0 Å². The van der Waals surface area contributed by atoms with Crippen molar-refractivity contribution in [2.75, 3.05) is 13.2 Å². The van der Waals surface area contributed by atoms with Gasteiger partial charge < -0.3 is 18.6 Å². The Morgan fingerprint density at radius 3 is 2.57 bits per heavy atom. The molecular weight excluding hydrogens is 464 g/mol. The van der Waals surface area contributed by atoms with Crippen LogP contribution in [0, 0.1) is 6.92 Å². The molecule has 0 fully saturated rings. The second-order valence-corrected chi connectivity index (χ2v) is 9.07. The molecule has 3 aromatic carbocycles. The Kier molecular flexibility index (Phi) is 6.69. The Morgan fingerprint density at radius 1 is 0.971 bits per heavy atom. The van der Waals surface area contributed by atoms with E-state index in [-0.39, 0.29) is 5.43 Å². The van der Waals surface area contributed by atoms with Crippen LogP contribution in [0.2, 0.25) is 5.02 Å². The molecule has 0 atom stereocenters. The van der Waals surface area contributed by atoms with Crippen LogP contribution in [-0.4, -0.2) is 13.2 Å². The molecule has 0 radical (unpaired) electrons. The van der Waals surface area contributed by atoms with Crippen LogP contribution >= 0.6 is 11.6 Å². The summed E-state index contributed by atoms with van der Waals surface area (Å²) < 4.78 is 23.9. The number of aryl methyl sites for hydroxylation is 2. The van der Waals surface area contributed by atoms with Gasteiger partial charge in [0.05, 0.1) is 24.2 Å². The first kappa shape index (κ1) is 23.3. The molecule has 0 amide bonds. The largest absolute Gasteiger partial charge is 0.490 e. The van der Waals surface area contributed by atoms with Gasteiger partial charge in [0.25, 0.3) is 0 Å². The zero-order chi connectivity index (χ0) is 24.4. The molecule has 0 spiro atoms. The molecule has 35 heavy (non-hydrogen) atoms. The molecule has 0 aliphatic carbocycles. The summed E-state index contributed by atoms with van der Waals surface area (Å²) >= 11 is 6.30. The summed E-state index contributed by atoms with van der Waals surface area (Å²) in [7, 11) is 0. The molecule has 1 aliphatic rings. The van der Waals surface area contributed by atoms with Crippen molar-refractivity contribution in [3.05, 3.63) is 86.7 Å². The van der Waals surface area contributed by atoms with Crippen molar-refractivity contribution in [1.29, 1.82) is 0 Å². The van der Waals surface area contributed by atoms with E-state index in [1.807, 2.05) is 61.5 Å². The predicted octanol–water partition coefficient (Wildman–Crippen LogP) is 7.11. The number of hydrogen-bond acceptors (Lipinski definition) is 5. The fourth-order valence-electron chi connectivity index (χ4n) is 4.40. The number of halogens is 1. The second-order valence-electron chi connectivity index (χ2n) is 8.66. The second kappa shape index (κ2) is 10.0. The van der Waals surface area contributed by atoms with Gasteiger partial charge in [-0.1, -0.05) is 49.2 Å². The molecule has 4 aromatic rings. The highest BCUT2D eigenvalue weighted by Crippen LogP contribution is 2.36. The molecule has 2 heterocycles. The lowest BCUT2D eigenvalue weighted by atomic mass is 10.00. The summed E-state index contributed by atoms with van der Waals surface area (Å²) in [6, 6.07) is 16.9. The minimum atomic E-state index is -0.0757. The molecule has 1 aromatic heterocycles. The third-order valence-corrected chi connectivity index (χ3v) is 6.51. The van der Waals surface area contributed by atoms with Crippen molar-refractivity contribution in [2.24, 2.45) is 0 Å². The summed E-state index contributed by atoms with van der Waals surface area (Å²) in [4.78, 5) is 13.7. The van der Waals surface area contributed by atoms with Crippen molar-refractivity contribution >= 4 is 22.6 Å². The molecule has 0 saturated carbocycles. The van der Waals surface area contributed by atoms with Crippen LogP contribution in [-0.2, 0) is 13.0 Å². The monoisotopic (exact) mass is 490 g/mol. The van der Waals surface area contributed by atoms with Crippen LogP contribution in [0.15, 0.2) is 63.8 Å². The Morgan fingerprint density at radius 2 is 1.77 bits per heavy atom. The minimum Gasteiger partial charge on any atom is -0.490 e. The maximum absolute atomic E-state index is 13.7. The molecular formula is C29H27ClO5. The third kappa shape index (κ3) is 4.73. The topological polar surface area (TPSA) is 57.9 Å². The number of rotatable bonds is 6. The van der Waals surface area contributed by atoms with Crippen LogP contribution in [0.5, 0.6) is 17.2 Å². The number of hydrogen-bond donors (Lipinski definition) is 0. The Bertz CT molecular complexity index is 1440. The van der Waals surface area contributed by atoms with Crippen LogP contribution in [0.25, 0.3) is 22.1 Å². The van der Waals surface area contributed by atoms with E-state index in [9.17, 15) is 4.79 Å². The van der Waals surface area contributed by atoms with E-state index in [1.54, 1.807) is 0 Å².